The minimum Gasteiger partial charge on any atom is -0.507 e. The summed E-state index contributed by atoms with van der Waals surface area (Å²) in [5.74, 6) is -7.63. The molecule has 2 aromatic carbocycles. The zero-order valence-electron chi connectivity index (χ0n) is 36.2. The molecule has 15 heteroatoms. The molecular formula is C47H55N3O12. The van der Waals surface area contributed by atoms with Crippen LogP contribution in [0.3, 0.4) is 0 Å². The molecule has 1 amide bonds. The average Bonchev–Trinajstić information content (AvgIpc) is 3.49. The highest BCUT2D eigenvalue weighted by atomic mass is 16.7. The van der Waals surface area contributed by atoms with Crippen molar-refractivity contribution in [3.05, 3.63) is 70.1 Å². The zero-order valence-corrected chi connectivity index (χ0v) is 36.2. The second kappa shape index (κ2) is 17.1. The Hall–Kier alpha value is -5.93. The standard InChI is InChI=1S/C47H55N3O12/c1-22-15-18-59-47(8)45(57)35-32(62-47)21-30(52)34-36(35)38-44(61-33-20-29(19-31(53)37(33)48-38)50-16-10-9-11-17-50)39(42(34)56)49-46(58)24(3)14-12-13-23(2)40(54)26(5)41(55)27(6)43(25(22)4)60-28(7)51/h12-15,18-23,25-27,40-41,43,52-55H,9-11,16-17H2,1-8H3,(H,49,58)/b13-12+,18-15+,24-14-/t22-,23-,25+,26+,27+,40-,41+,43+,47-/m0/s1. The quantitative estimate of drug-likeness (QED) is 0.0783. The Balaban J connectivity index is 1.42. The van der Waals surface area contributed by atoms with E-state index >= 15 is 0 Å². The van der Waals surface area contributed by atoms with E-state index in [-0.39, 0.29) is 67.6 Å². The lowest BCUT2D eigenvalue weighted by atomic mass is 9.77. The summed E-state index contributed by atoms with van der Waals surface area (Å²) in [7, 11) is 0. The number of nitrogens with one attached hydrogen (secondary N) is 1. The normalized spacial score (nSPS) is 30.7. The Kier molecular flexibility index (Phi) is 12.2. The number of aliphatic hydroxyl groups is 2. The van der Waals surface area contributed by atoms with Crippen molar-refractivity contribution in [2.75, 3.05) is 23.3 Å². The number of allylic oxidation sites excluding steroid dienone is 3. The largest absolute Gasteiger partial charge is 0.507 e. The number of fused-ring (bicyclic) bond motifs is 14. The molecule has 15 nitrogen and oxygen atoms in total. The van der Waals surface area contributed by atoms with Crippen LogP contribution in [0.2, 0.25) is 0 Å². The van der Waals surface area contributed by atoms with Crippen LogP contribution in [0.1, 0.15) is 85.0 Å². The second-order valence-corrected chi connectivity index (χ2v) is 17.3. The first-order valence-corrected chi connectivity index (χ1v) is 21.2. The minimum atomic E-state index is -2.01. The molecule has 5 bridgehead atoms. The highest BCUT2D eigenvalue weighted by Gasteiger charge is 2.49. The minimum absolute atomic E-state index is 0.0119. The molecular weight excluding hydrogens is 799 g/mol. The fourth-order valence-electron chi connectivity index (χ4n) is 8.87. The summed E-state index contributed by atoms with van der Waals surface area (Å²) in [6.45, 7) is 14.6. The first kappa shape index (κ1) is 44.1. The Morgan fingerprint density at radius 2 is 1.61 bits per heavy atom. The Bertz CT molecular complexity index is 2550. The van der Waals surface area contributed by atoms with Crippen molar-refractivity contribution in [1.29, 1.82) is 0 Å². The third-order valence-electron chi connectivity index (χ3n) is 12.9. The van der Waals surface area contributed by atoms with Gasteiger partial charge in [0.2, 0.25) is 5.43 Å². The van der Waals surface area contributed by atoms with Gasteiger partial charge in [-0.1, -0.05) is 52.8 Å². The van der Waals surface area contributed by atoms with E-state index in [4.69, 9.17) is 23.6 Å². The number of ketones is 1. The van der Waals surface area contributed by atoms with Gasteiger partial charge in [0.15, 0.2) is 11.3 Å². The van der Waals surface area contributed by atoms with Gasteiger partial charge >= 0.3 is 11.8 Å². The molecule has 0 spiro atoms. The fraction of sp³-hybridized carbons (Fsp3) is 0.468. The Morgan fingerprint density at radius 3 is 2.31 bits per heavy atom. The van der Waals surface area contributed by atoms with Crippen molar-refractivity contribution in [3.8, 4) is 28.7 Å². The van der Waals surface area contributed by atoms with Gasteiger partial charge in [-0.05, 0) is 44.1 Å². The molecule has 1 saturated heterocycles. The number of carbonyl (C=O) groups excluding carboxylic acids is 3. The molecule has 6 aliphatic rings. The summed E-state index contributed by atoms with van der Waals surface area (Å²) in [6.07, 6.45) is 7.80. The molecule has 5 aliphatic heterocycles. The van der Waals surface area contributed by atoms with Crippen LogP contribution in [0, 0.1) is 29.6 Å². The molecule has 8 rings (SSSR count). The summed E-state index contributed by atoms with van der Waals surface area (Å²) in [5, 5.41) is 48.0. The lowest BCUT2D eigenvalue weighted by Gasteiger charge is -2.37. The van der Waals surface area contributed by atoms with E-state index in [2.05, 4.69) is 10.2 Å². The smallest absolute Gasteiger partial charge is 0.312 e. The molecule has 0 unspecified atom stereocenters. The number of aromatic nitrogens is 1. The number of aromatic hydroxyl groups is 2. The van der Waals surface area contributed by atoms with E-state index in [1.54, 1.807) is 51.1 Å². The molecule has 62 heavy (non-hydrogen) atoms. The van der Waals surface area contributed by atoms with Gasteiger partial charge in [0.1, 0.15) is 40.3 Å². The number of esters is 1. The molecule has 0 aromatic heterocycles. The van der Waals surface area contributed by atoms with E-state index in [1.165, 1.54) is 33.1 Å². The van der Waals surface area contributed by atoms with Gasteiger partial charge in [-0.15, -0.1) is 0 Å². The van der Waals surface area contributed by atoms with Gasteiger partial charge in [-0.3, -0.25) is 19.2 Å². The van der Waals surface area contributed by atoms with Crippen molar-refractivity contribution < 1.29 is 53.4 Å². The van der Waals surface area contributed by atoms with Crippen molar-refractivity contribution in [2.24, 2.45) is 29.6 Å². The molecule has 0 radical (unpaired) electrons. The third kappa shape index (κ3) is 7.99. The lowest BCUT2D eigenvalue weighted by molar-refractivity contribution is -0.158. The number of aliphatic hydroxyl groups excluding tert-OH is 2. The fourth-order valence-corrected chi connectivity index (χ4v) is 8.87. The number of benzene rings is 3. The predicted molar refractivity (Wildman–Crippen MR) is 232 cm³/mol. The summed E-state index contributed by atoms with van der Waals surface area (Å²) in [6, 6.07) is 4.40. The molecule has 0 saturated carbocycles. The number of Topliss-reactive ketones (excluding diaryl/α,β-unsaturated/α-hetero) is 1. The maximum absolute atomic E-state index is 14.6. The second-order valence-electron chi connectivity index (χ2n) is 17.3. The van der Waals surface area contributed by atoms with Crippen LogP contribution >= 0.6 is 0 Å². The number of amides is 1. The van der Waals surface area contributed by atoms with E-state index in [1.807, 2.05) is 13.8 Å². The van der Waals surface area contributed by atoms with Crippen molar-refractivity contribution in [1.82, 2.24) is 4.98 Å². The SMILES string of the molecule is CC(=O)O[C@H]1[C@H](C)[C@H](O)[C@H](C)[C@@H](O)[C@@H](C)/C=C/C=C(/C)C(=O)Nc2c3oc4cc(N5CCCCC5)cc(O)c4nc-3c3c4c(cc(O)c3c2=O)O[C@](C)(O/C=C/[C@H](C)[C@H]1C)C4=O. The highest BCUT2D eigenvalue weighted by molar-refractivity contribution is 6.22. The maximum Gasteiger partial charge on any atom is 0.312 e. The number of ether oxygens (including phenoxy) is 3. The van der Waals surface area contributed by atoms with Crippen molar-refractivity contribution in [2.45, 2.75) is 98.8 Å². The van der Waals surface area contributed by atoms with Gasteiger partial charge in [-0.25, -0.2) is 4.98 Å². The van der Waals surface area contributed by atoms with Crippen molar-refractivity contribution in [3.63, 3.8) is 0 Å². The van der Waals surface area contributed by atoms with Gasteiger partial charge in [0, 0.05) is 79.5 Å². The van der Waals surface area contributed by atoms with E-state index in [9.17, 15) is 39.6 Å². The van der Waals surface area contributed by atoms with Crippen LogP contribution in [-0.4, -0.2) is 80.3 Å². The topological polar surface area (TPSA) is 218 Å². The van der Waals surface area contributed by atoms with Crippen molar-refractivity contribution >= 4 is 50.9 Å². The van der Waals surface area contributed by atoms with Crippen LogP contribution in [0.25, 0.3) is 33.3 Å². The first-order chi connectivity index (χ1) is 29.3. The Labute approximate surface area is 359 Å². The Morgan fingerprint density at radius 1 is 0.903 bits per heavy atom. The summed E-state index contributed by atoms with van der Waals surface area (Å²) < 4.78 is 24.3. The molecule has 5 heterocycles. The average molecular weight is 854 g/mol. The number of anilines is 2. The number of hydrogen-bond acceptors (Lipinski definition) is 14. The number of nitrogens with zero attached hydrogens (tertiary/aromatic N) is 2. The predicted octanol–water partition coefficient (Wildman–Crippen LogP) is 6.96. The van der Waals surface area contributed by atoms with Gasteiger partial charge in [-0.2, -0.15) is 0 Å². The molecule has 1 fully saturated rings. The number of rotatable bonds is 2. The number of phenols is 2. The monoisotopic (exact) mass is 853 g/mol. The van der Waals surface area contributed by atoms with E-state index in [0.29, 0.717) is 5.69 Å². The molecule has 2 aromatic rings. The highest BCUT2D eigenvalue weighted by Crippen LogP contribution is 2.49. The van der Waals surface area contributed by atoms with E-state index < -0.39 is 76.6 Å². The van der Waals surface area contributed by atoms with Crippen LogP contribution < -0.4 is 20.4 Å². The molecule has 1 aliphatic carbocycles. The number of hydrogen-bond donors (Lipinski definition) is 5. The number of carbonyl (C=O) groups is 3. The maximum atomic E-state index is 14.6. The van der Waals surface area contributed by atoms with Gasteiger partial charge in [0.05, 0.1) is 29.4 Å². The van der Waals surface area contributed by atoms with Crippen LogP contribution in [-0.2, 0) is 19.1 Å². The first-order valence-electron chi connectivity index (χ1n) is 21.2. The molecule has 330 valence electrons. The van der Waals surface area contributed by atoms with E-state index in [0.717, 1.165) is 38.4 Å². The number of piperidine rings is 1. The van der Waals surface area contributed by atoms with Crippen LogP contribution in [0.15, 0.2) is 63.6 Å². The summed E-state index contributed by atoms with van der Waals surface area (Å²) >= 11 is 0. The number of phenolic OH excluding ortho intramolecular Hbond substituents is 2. The van der Waals surface area contributed by atoms with Gasteiger partial charge in [0.25, 0.3) is 11.7 Å². The van der Waals surface area contributed by atoms with Gasteiger partial charge < -0.3 is 49.3 Å². The zero-order chi connectivity index (χ0) is 44.9. The lowest BCUT2D eigenvalue weighted by Crippen LogP contribution is -2.45. The van der Waals surface area contributed by atoms with Crippen LogP contribution in [0.5, 0.6) is 17.2 Å². The molecule has 5 N–H and O–H groups in total. The molecule has 9 atom stereocenters. The summed E-state index contributed by atoms with van der Waals surface area (Å²) in [4.78, 5) is 62.3. The third-order valence-corrected chi connectivity index (χ3v) is 12.9. The van der Waals surface area contributed by atoms with Crippen LogP contribution in [0.4, 0.5) is 11.4 Å². The summed E-state index contributed by atoms with van der Waals surface area (Å²) in [5.41, 5.74) is -0.536.